The highest BCUT2D eigenvalue weighted by Crippen LogP contribution is 2.25. The maximum absolute atomic E-state index is 9.08. The second-order valence-electron chi connectivity index (χ2n) is 6.17. The van der Waals surface area contributed by atoms with Gasteiger partial charge in [0.25, 0.3) is 0 Å². The number of nitriles is 1. The summed E-state index contributed by atoms with van der Waals surface area (Å²) in [5, 5.41) is 9.08. The molecule has 3 aromatic rings. The average Bonchev–Trinajstić information content (AvgIpc) is 2.68. The van der Waals surface area contributed by atoms with E-state index in [2.05, 4.69) is 22.0 Å². The predicted molar refractivity (Wildman–Crippen MR) is 95.8 cm³/mol. The molecule has 24 heavy (non-hydrogen) atoms. The molecular formula is C20H18N4. The third-order valence-electron chi connectivity index (χ3n) is 4.53. The van der Waals surface area contributed by atoms with Crippen LogP contribution in [0.25, 0.3) is 22.2 Å². The van der Waals surface area contributed by atoms with E-state index in [1.807, 2.05) is 42.6 Å². The molecule has 4 heteroatoms. The van der Waals surface area contributed by atoms with Gasteiger partial charge in [0.05, 0.1) is 28.9 Å². The molecule has 2 aromatic carbocycles. The topological polar surface area (TPSA) is 52.8 Å². The number of rotatable bonds is 2. The zero-order valence-corrected chi connectivity index (χ0v) is 13.4. The maximum atomic E-state index is 9.08. The minimum absolute atomic E-state index is 0.667. The Morgan fingerprint density at radius 3 is 2.58 bits per heavy atom. The maximum Gasteiger partial charge on any atom is 0.147 e. The Bertz CT molecular complexity index is 920. The number of anilines is 1. The first kappa shape index (κ1) is 14.6. The van der Waals surface area contributed by atoms with Crippen molar-refractivity contribution in [2.75, 3.05) is 18.0 Å². The third-order valence-corrected chi connectivity index (χ3v) is 4.53. The zero-order chi connectivity index (χ0) is 16.4. The summed E-state index contributed by atoms with van der Waals surface area (Å²) >= 11 is 0. The molecule has 0 N–H and O–H groups in total. The molecule has 0 spiro atoms. The zero-order valence-electron chi connectivity index (χ0n) is 13.4. The van der Waals surface area contributed by atoms with Gasteiger partial charge in [-0.2, -0.15) is 5.26 Å². The van der Waals surface area contributed by atoms with Crippen LogP contribution in [0.5, 0.6) is 0 Å². The lowest BCUT2D eigenvalue weighted by atomic mass is 10.0. The summed E-state index contributed by atoms with van der Waals surface area (Å²) in [5.74, 6) is 0.963. The van der Waals surface area contributed by atoms with Crippen LogP contribution in [-0.2, 0) is 0 Å². The van der Waals surface area contributed by atoms with Crippen molar-refractivity contribution in [2.45, 2.75) is 19.3 Å². The van der Waals surface area contributed by atoms with E-state index < -0.39 is 0 Å². The van der Waals surface area contributed by atoms with Gasteiger partial charge in [-0.15, -0.1) is 0 Å². The van der Waals surface area contributed by atoms with Crippen LogP contribution in [0.15, 0.2) is 48.7 Å². The van der Waals surface area contributed by atoms with Crippen molar-refractivity contribution in [3.05, 3.63) is 54.2 Å². The van der Waals surface area contributed by atoms with E-state index >= 15 is 0 Å². The van der Waals surface area contributed by atoms with E-state index in [1.54, 1.807) is 0 Å². The Hall–Kier alpha value is -2.93. The summed E-state index contributed by atoms with van der Waals surface area (Å²) in [4.78, 5) is 11.7. The molecule has 1 aliphatic heterocycles. The Morgan fingerprint density at radius 2 is 1.75 bits per heavy atom. The van der Waals surface area contributed by atoms with Gasteiger partial charge in [0.2, 0.25) is 0 Å². The van der Waals surface area contributed by atoms with Crippen LogP contribution in [-0.4, -0.2) is 23.1 Å². The fourth-order valence-electron chi connectivity index (χ4n) is 3.22. The monoisotopic (exact) mass is 314 g/mol. The van der Waals surface area contributed by atoms with Crippen molar-refractivity contribution >= 4 is 16.9 Å². The van der Waals surface area contributed by atoms with Gasteiger partial charge in [0.1, 0.15) is 5.82 Å². The smallest absolute Gasteiger partial charge is 0.147 e. The molecule has 1 aromatic heterocycles. The van der Waals surface area contributed by atoms with Crippen LogP contribution in [0.1, 0.15) is 24.8 Å². The highest BCUT2D eigenvalue weighted by molar-refractivity contribution is 5.82. The van der Waals surface area contributed by atoms with Crippen LogP contribution < -0.4 is 4.90 Å². The number of hydrogen-bond donors (Lipinski definition) is 0. The standard InChI is InChI=1S/C20H18N4/c21-13-15-5-4-6-16(11-15)17-7-8-18-19(12-17)23-20(14-22-18)24-9-2-1-3-10-24/h4-8,11-12,14H,1-3,9-10H2. The Kier molecular flexibility index (Phi) is 3.84. The molecule has 0 amide bonds. The van der Waals surface area contributed by atoms with Crippen molar-refractivity contribution in [1.82, 2.24) is 9.97 Å². The van der Waals surface area contributed by atoms with Crippen molar-refractivity contribution < 1.29 is 0 Å². The molecule has 2 heterocycles. The molecule has 0 atom stereocenters. The summed E-state index contributed by atoms with van der Waals surface area (Å²) < 4.78 is 0. The van der Waals surface area contributed by atoms with E-state index in [0.29, 0.717) is 5.56 Å². The molecule has 0 aliphatic carbocycles. The summed E-state index contributed by atoms with van der Waals surface area (Å²) in [6.07, 6.45) is 5.63. The third kappa shape index (κ3) is 2.81. The lowest BCUT2D eigenvalue weighted by Crippen LogP contribution is -2.30. The van der Waals surface area contributed by atoms with Gasteiger partial charge in [-0.25, -0.2) is 4.98 Å². The lowest BCUT2D eigenvalue weighted by molar-refractivity contribution is 0.573. The SMILES string of the molecule is N#Cc1cccc(-c2ccc3ncc(N4CCCCC4)nc3c2)c1. The quantitative estimate of drug-likeness (QED) is 0.713. The Balaban J connectivity index is 1.74. The fraction of sp³-hybridized carbons (Fsp3) is 0.250. The highest BCUT2D eigenvalue weighted by Gasteiger charge is 2.13. The van der Waals surface area contributed by atoms with Crippen LogP contribution in [0.3, 0.4) is 0 Å². The minimum Gasteiger partial charge on any atom is -0.355 e. The van der Waals surface area contributed by atoms with Crippen LogP contribution >= 0.6 is 0 Å². The van der Waals surface area contributed by atoms with Crippen LogP contribution in [0, 0.1) is 11.3 Å². The molecule has 1 aliphatic rings. The molecular weight excluding hydrogens is 296 g/mol. The van der Waals surface area contributed by atoms with Gasteiger partial charge in [-0.3, -0.25) is 4.98 Å². The van der Waals surface area contributed by atoms with E-state index in [0.717, 1.165) is 41.1 Å². The largest absolute Gasteiger partial charge is 0.355 e. The summed E-state index contributed by atoms with van der Waals surface area (Å²) in [7, 11) is 0. The number of benzene rings is 2. The van der Waals surface area contributed by atoms with Crippen molar-refractivity contribution in [3.63, 3.8) is 0 Å². The molecule has 1 saturated heterocycles. The molecule has 4 nitrogen and oxygen atoms in total. The second kappa shape index (κ2) is 6.29. The molecule has 0 saturated carbocycles. The van der Waals surface area contributed by atoms with Gasteiger partial charge < -0.3 is 4.90 Å². The van der Waals surface area contributed by atoms with Crippen molar-refractivity contribution in [3.8, 4) is 17.2 Å². The first-order valence-electron chi connectivity index (χ1n) is 8.36. The van der Waals surface area contributed by atoms with Gasteiger partial charge >= 0.3 is 0 Å². The van der Waals surface area contributed by atoms with E-state index in [1.165, 1.54) is 19.3 Å². The van der Waals surface area contributed by atoms with Crippen molar-refractivity contribution in [1.29, 1.82) is 5.26 Å². The number of aromatic nitrogens is 2. The first-order valence-corrected chi connectivity index (χ1v) is 8.36. The molecule has 4 rings (SSSR count). The Labute approximate surface area is 141 Å². The summed E-state index contributed by atoms with van der Waals surface area (Å²) in [5.41, 5.74) is 4.56. The van der Waals surface area contributed by atoms with Gasteiger partial charge in [-0.1, -0.05) is 18.2 Å². The number of hydrogen-bond acceptors (Lipinski definition) is 4. The summed E-state index contributed by atoms with van der Waals surface area (Å²) in [6.45, 7) is 2.12. The predicted octanol–water partition coefficient (Wildman–Crippen LogP) is 4.16. The minimum atomic E-state index is 0.667. The van der Waals surface area contributed by atoms with Crippen LogP contribution in [0.2, 0.25) is 0 Å². The first-order chi connectivity index (χ1) is 11.8. The van der Waals surface area contributed by atoms with Gasteiger partial charge in [-0.05, 0) is 54.7 Å². The second-order valence-corrected chi connectivity index (χ2v) is 6.17. The number of nitrogens with zero attached hydrogens (tertiary/aromatic N) is 4. The molecule has 0 bridgehead atoms. The number of fused-ring (bicyclic) bond motifs is 1. The van der Waals surface area contributed by atoms with E-state index in [9.17, 15) is 0 Å². The highest BCUT2D eigenvalue weighted by atomic mass is 15.2. The molecule has 0 radical (unpaired) electrons. The average molecular weight is 314 g/mol. The van der Waals surface area contributed by atoms with E-state index in [-0.39, 0.29) is 0 Å². The van der Waals surface area contributed by atoms with E-state index in [4.69, 9.17) is 10.2 Å². The van der Waals surface area contributed by atoms with Crippen LogP contribution in [0.4, 0.5) is 5.82 Å². The molecule has 118 valence electrons. The molecule has 1 fully saturated rings. The Morgan fingerprint density at radius 1 is 0.917 bits per heavy atom. The lowest BCUT2D eigenvalue weighted by Gasteiger charge is -2.27. The van der Waals surface area contributed by atoms with Crippen molar-refractivity contribution in [2.24, 2.45) is 0 Å². The van der Waals surface area contributed by atoms with Gasteiger partial charge in [0.15, 0.2) is 0 Å². The summed E-state index contributed by atoms with van der Waals surface area (Å²) in [6, 6.07) is 15.9. The normalized spacial score (nSPS) is 14.5. The molecule has 0 unspecified atom stereocenters. The number of piperidine rings is 1. The fourth-order valence-corrected chi connectivity index (χ4v) is 3.22. The van der Waals surface area contributed by atoms with Gasteiger partial charge in [0, 0.05) is 13.1 Å².